The highest BCUT2D eigenvalue weighted by atomic mass is 32.1. The number of benzene rings is 2. The number of para-hydroxylation sites is 1. The molecule has 32 heavy (non-hydrogen) atoms. The van der Waals surface area contributed by atoms with Crippen molar-refractivity contribution in [3.8, 4) is 23.1 Å². The molecule has 5 aromatic rings. The first-order valence-corrected chi connectivity index (χ1v) is 11.2. The number of nitrogens with zero attached hydrogens (tertiary/aromatic N) is 3. The van der Waals surface area contributed by atoms with Crippen molar-refractivity contribution >= 4 is 33.3 Å². The van der Waals surface area contributed by atoms with Gasteiger partial charge in [-0.05, 0) is 50.6 Å². The van der Waals surface area contributed by atoms with Crippen LogP contribution in [0.2, 0.25) is 0 Å². The zero-order chi connectivity index (χ0) is 22.2. The molecule has 0 aliphatic rings. The van der Waals surface area contributed by atoms with Gasteiger partial charge in [0.15, 0.2) is 17.3 Å². The predicted molar refractivity (Wildman–Crippen MR) is 125 cm³/mol. The summed E-state index contributed by atoms with van der Waals surface area (Å²) in [6, 6.07) is 13.4. The van der Waals surface area contributed by atoms with E-state index in [1.807, 2.05) is 69.3 Å². The second kappa shape index (κ2) is 8.12. The molecule has 8 heteroatoms. The Morgan fingerprint density at radius 3 is 2.62 bits per heavy atom. The monoisotopic (exact) mass is 447 g/mol. The maximum Gasteiger partial charge on any atom is 0.291 e. The van der Waals surface area contributed by atoms with Gasteiger partial charge in [-0.15, -0.1) is 5.10 Å². The summed E-state index contributed by atoms with van der Waals surface area (Å²) in [7, 11) is 0. The lowest BCUT2D eigenvalue weighted by molar-refractivity contribution is 0.287. The van der Waals surface area contributed by atoms with E-state index in [0.29, 0.717) is 45.8 Å². The van der Waals surface area contributed by atoms with Gasteiger partial charge in [0.25, 0.3) is 5.56 Å². The Bertz CT molecular complexity index is 1550. The van der Waals surface area contributed by atoms with Crippen molar-refractivity contribution in [3.05, 3.63) is 68.5 Å². The fourth-order valence-corrected chi connectivity index (χ4v) is 4.53. The number of ether oxygens (including phenoxy) is 2. The molecule has 162 valence electrons. The van der Waals surface area contributed by atoms with Gasteiger partial charge in [0.2, 0.25) is 10.8 Å². The van der Waals surface area contributed by atoms with E-state index in [0.717, 1.165) is 22.1 Å². The fourth-order valence-electron chi connectivity index (χ4n) is 3.63. The van der Waals surface area contributed by atoms with Gasteiger partial charge in [0.05, 0.1) is 17.7 Å². The van der Waals surface area contributed by atoms with Crippen LogP contribution < -0.4 is 19.6 Å². The summed E-state index contributed by atoms with van der Waals surface area (Å²) in [5.74, 6) is 2.33. The second-order valence-electron chi connectivity index (χ2n) is 7.17. The molecule has 5 rings (SSSR count). The molecule has 0 amide bonds. The summed E-state index contributed by atoms with van der Waals surface area (Å²) < 4.78 is 19.1. The molecular weight excluding hydrogens is 426 g/mol. The molecule has 0 unspecified atom stereocenters. The molecule has 3 aromatic heterocycles. The minimum atomic E-state index is -0.218. The average Bonchev–Trinajstić information content (AvgIpc) is 3.44. The van der Waals surface area contributed by atoms with Crippen molar-refractivity contribution in [2.45, 2.75) is 20.8 Å². The van der Waals surface area contributed by atoms with E-state index in [9.17, 15) is 4.79 Å². The highest BCUT2D eigenvalue weighted by Crippen LogP contribution is 2.31. The fraction of sp³-hybridized carbons (Fsp3) is 0.208. The van der Waals surface area contributed by atoms with Gasteiger partial charge >= 0.3 is 0 Å². The molecule has 0 N–H and O–H groups in total. The molecule has 7 nitrogen and oxygen atoms in total. The van der Waals surface area contributed by atoms with Crippen LogP contribution in [0.1, 0.15) is 25.0 Å². The van der Waals surface area contributed by atoms with E-state index in [1.54, 1.807) is 0 Å². The molecule has 0 radical (unpaired) electrons. The van der Waals surface area contributed by atoms with E-state index in [-0.39, 0.29) is 5.56 Å². The highest BCUT2D eigenvalue weighted by Gasteiger charge is 2.19. The number of hydrogen-bond acceptors (Lipinski definition) is 7. The minimum absolute atomic E-state index is 0.218. The molecule has 2 aromatic carbocycles. The number of fused-ring (bicyclic) bond motifs is 2. The van der Waals surface area contributed by atoms with Crippen molar-refractivity contribution in [1.29, 1.82) is 0 Å². The molecule has 0 atom stereocenters. The summed E-state index contributed by atoms with van der Waals surface area (Å²) in [5, 5.41) is 5.44. The molecular formula is C24H21N3O4S. The van der Waals surface area contributed by atoms with Crippen molar-refractivity contribution in [3.63, 3.8) is 0 Å². The maximum atomic E-state index is 13.0. The van der Waals surface area contributed by atoms with E-state index in [1.165, 1.54) is 15.9 Å². The van der Waals surface area contributed by atoms with Crippen LogP contribution in [-0.2, 0) is 0 Å². The van der Waals surface area contributed by atoms with E-state index in [4.69, 9.17) is 13.9 Å². The zero-order valence-electron chi connectivity index (χ0n) is 17.9. The Morgan fingerprint density at radius 1 is 1.09 bits per heavy atom. The Morgan fingerprint density at radius 2 is 1.88 bits per heavy atom. The van der Waals surface area contributed by atoms with Gasteiger partial charge in [0.1, 0.15) is 5.58 Å². The van der Waals surface area contributed by atoms with E-state index < -0.39 is 0 Å². The molecule has 0 bridgehead atoms. The molecule has 0 spiro atoms. The normalized spacial score (nSPS) is 12.2. The second-order valence-corrected chi connectivity index (χ2v) is 8.18. The zero-order valence-corrected chi connectivity index (χ0v) is 18.7. The van der Waals surface area contributed by atoms with Crippen molar-refractivity contribution in [1.82, 2.24) is 14.6 Å². The Hall–Kier alpha value is -3.65. The standard InChI is InChI=1S/C24H21N3O4S/c1-4-29-18-11-10-15(12-19(18)30-5-2)13-20-23(28)27-24(32-20)25-22(26-27)21-14(3)16-8-6-7-9-17(16)31-21/h6-13H,4-5H2,1-3H3. The first-order valence-electron chi connectivity index (χ1n) is 10.4. The lowest BCUT2D eigenvalue weighted by Gasteiger charge is -2.11. The summed E-state index contributed by atoms with van der Waals surface area (Å²) in [6.45, 7) is 6.89. The van der Waals surface area contributed by atoms with Crippen LogP contribution >= 0.6 is 11.3 Å². The molecule has 0 aliphatic carbocycles. The third-order valence-corrected chi connectivity index (χ3v) is 6.05. The SMILES string of the molecule is CCOc1ccc(C=c2sc3nc(-c4oc5ccccc5c4C)nn3c2=O)cc1OCC. The Kier molecular flexibility index (Phi) is 5.14. The largest absolute Gasteiger partial charge is 0.490 e. The van der Waals surface area contributed by atoms with Gasteiger partial charge in [0, 0.05) is 10.9 Å². The van der Waals surface area contributed by atoms with Gasteiger partial charge in [-0.1, -0.05) is 35.6 Å². The third-order valence-electron chi connectivity index (χ3n) is 5.09. The number of thiazole rings is 1. The molecule has 0 fully saturated rings. The van der Waals surface area contributed by atoms with E-state index in [2.05, 4.69) is 10.1 Å². The van der Waals surface area contributed by atoms with Crippen LogP contribution in [-0.4, -0.2) is 27.8 Å². The number of aromatic nitrogens is 3. The van der Waals surface area contributed by atoms with Gasteiger partial charge in [-0.2, -0.15) is 9.50 Å². The lowest BCUT2D eigenvalue weighted by atomic mass is 10.1. The summed E-state index contributed by atoms with van der Waals surface area (Å²) in [5.41, 5.74) is 2.35. The Labute approximate surface area is 187 Å². The van der Waals surface area contributed by atoms with Crippen LogP contribution in [0, 0.1) is 6.92 Å². The number of furan rings is 1. The molecule has 0 saturated carbocycles. The van der Waals surface area contributed by atoms with Crippen LogP contribution in [0.5, 0.6) is 11.5 Å². The molecule has 0 aliphatic heterocycles. The van der Waals surface area contributed by atoms with Gasteiger partial charge in [-0.25, -0.2) is 0 Å². The number of aryl methyl sites for hydroxylation is 1. The smallest absolute Gasteiger partial charge is 0.291 e. The first kappa shape index (κ1) is 20.3. The summed E-state index contributed by atoms with van der Waals surface area (Å²) >= 11 is 1.29. The predicted octanol–water partition coefficient (Wildman–Crippen LogP) is 4.22. The maximum absolute atomic E-state index is 13.0. The van der Waals surface area contributed by atoms with Gasteiger partial charge in [-0.3, -0.25) is 4.79 Å². The average molecular weight is 448 g/mol. The van der Waals surface area contributed by atoms with Crippen LogP contribution in [0.25, 0.3) is 33.6 Å². The number of rotatable bonds is 6. The summed E-state index contributed by atoms with van der Waals surface area (Å²) in [6.07, 6.45) is 1.81. The lowest BCUT2D eigenvalue weighted by Crippen LogP contribution is -2.23. The minimum Gasteiger partial charge on any atom is -0.490 e. The van der Waals surface area contributed by atoms with Crippen LogP contribution in [0.15, 0.2) is 51.7 Å². The van der Waals surface area contributed by atoms with Gasteiger partial charge < -0.3 is 13.9 Å². The van der Waals surface area contributed by atoms with Crippen molar-refractivity contribution in [2.24, 2.45) is 0 Å². The topological polar surface area (TPSA) is 78.9 Å². The highest BCUT2D eigenvalue weighted by molar-refractivity contribution is 7.15. The molecule has 0 saturated heterocycles. The van der Waals surface area contributed by atoms with Crippen LogP contribution in [0.4, 0.5) is 0 Å². The Balaban J connectivity index is 1.56. The van der Waals surface area contributed by atoms with Crippen LogP contribution in [0.3, 0.4) is 0 Å². The van der Waals surface area contributed by atoms with E-state index >= 15 is 0 Å². The van der Waals surface area contributed by atoms with Crippen molar-refractivity contribution < 1.29 is 13.9 Å². The third kappa shape index (κ3) is 3.42. The number of hydrogen-bond donors (Lipinski definition) is 0. The molecule has 3 heterocycles. The van der Waals surface area contributed by atoms with Crippen molar-refractivity contribution in [2.75, 3.05) is 13.2 Å². The summed E-state index contributed by atoms with van der Waals surface area (Å²) in [4.78, 5) is 18.0. The first-order chi connectivity index (χ1) is 15.6. The quantitative estimate of drug-likeness (QED) is 0.388.